The predicted octanol–water partition coefficient (Wildman–Crippen LogP) is 3.39. The van der Waals surface area contributed by atoms with Gasteiger partial charge in [-0.2, -0.15) is 0 Å². The number of fused-ring (bicyclic) bond motifs is 1. The lowest BCUT2D eigenvalue weighted by Crippen LogP contribution is -2.10. The number of nitrogens with one attached hydrogen (secondary N) is 1. The van der Waals surface area contributed by atoms with Gasteiger partial charge in [0.1, 0.15) is 5.69 Å². The molecule has 0 aliphatic heterocycles. The molecule has 0 aliphatic carbocycles. The Balaban J connectivity index is 1.90. The van der Waals surface area contributed by atoms with Crippen molar-refractivity contribution in [3.8, 4) is 22.8 Å². The van der Waals surface area contributed by atoms with Gasteiger partial charge in [0, 0.05) is 10.0 Å². The lowest BCUT2D eigenvalue weighted by Gasteiger charge is -2.07. The van der Waals surface area contributed by atoms with E-state index in [0.717, 1.165) is 10.0 Å². The summed E-state index contributed by atoms with van der Waals surface area (Å²) in [6.45, 7) is 0. The van der Waals surface area contributed by atoms with Gasteiger partial charge in [-0.05, 0) is 30.3 Å². The minimum absolute atomic E-state index is 0.114. The Labute approximate surface area is 150 Å². The van der Waals surface area contributed by atoms with Gasteiger partial charge in [-0.25, -0.2) is 15.0 Å². The average molecular weight is 394 g/mol. The quantitative estimate of drug-likeness (QED) is 0.543. The summed E-state index contributed by atoms with van der Waals surface area (Å²) in [7, 11) is 0. The molecule has 7 heteroatoms. The first-order chi connectivity index (χ1) is 12.1. The molecule has 4 aromatic rings. The number of aromatic nitrogens is 4. The van der Waals surface area contributed by atoms with Crippen LogP contribution in [0, 0.1) is 0 Å². The second kappa shape index (κ2) is 6.10. The van der Waals surface area contributed by atoms with E-state index in [1.165, 1.54) is 0 Å². The van der Waals surface area contributed by atoms with E-state index in [1.807, 2.05) is 30.3 Å². The molecule has 122 valence electrons. The van der Waals surface area contributed by atoms with Crippen LogP contribution in [0.25, 0.3) is 33.7 Å². The predicted molar refractivity (Wildman–Crippen MR) is 101 cm³/mol. The third-order valence-electron chi connectivity index (χ3n) is 3.72. The highest BCUT2D eigenvalue weighted by Crippen LogP contribution is 2.25. The second-order valence-corrected chi connectivity index (χ2v) is 6.35. The molecule has 0 fully saturated rings. The number of nitrogens with two attached hydrogens (primary N) is 1. The van der Waals surface area contributed by atoms with Gasteiger partial charge in [-0.1, -0.05) is 40.2 Å². The molecule has 0 atom stereocenters. The van der Waals surface area contributed by atoms with Crippen LogP contribution in [0.15, 0.2) is 63.9 Å². The number of aromatic amines is 1. The Hall–Kier alpha value is -3.06. The van der Waals surface area contributed by atoms with Gasteiger partial charge in [-0.15, -0.1) is 0 Å². The Morgan fingerprint density at radius 1 is 0.920 bits per heavy atom. The molecular formula is C18H12BrN5O. The number of rotatable bonds is 2. The average Bonchev–Trinajstić information content (AvgIpc) is 2.61. The standard InChI is InChI=1S/C18H12BrN5O/c19-11-5-3-4-10(8-11)14-9-15(23-18(20)22-14)16-21-13-7-2-1-6-12(13)17(25)24-16/h1-9H,(H2,20,22,23)(H,21,24,25). The van der Waals surface area contributed by atoms with Gasteiger partial charge in [-0.3, -0.25) is 4.79 Å². The highest BCUT2D eigenvalue weighted by atomic mass is 79.9. The fourth-order valence-corrected chi connectivity index (χ4v) is 2.99. The maximum Gasteiger partial charge on any atom is 0.259 e. The van der Waals surface area contributed by atoms with Crippen LogP contribution in [0.5, 0.6) is 0 Å². The summed E-state index contributed by atoms with van der Waals surface area (Å²) in [6.07, 6.45) is 0. The topological polar surface area (TPSA) is 97.5 Å². The zero-order valence-corrected chi connectivity index (χ0v) is 14.5. The first-order valence-electron chi connectivity index (χ1n) is 7.50. The highest BCUT2D eigenvalue weighted by Gasteiger charge is 2.11. The lowest BCUT2D eigenvalue weighted by molar-refractivity contribution is 1.12. The molecule has 0 saturated carbocycles. The summed E-state index contributed by atoms with van der Waals surface area (Å²) in [4.78, 5) is 28.0. The smallest absolute Gasteiger partial charge is 0.259 e. The summed E-state index contributed by atoms with van der Waals surface area (Å²) >= 11 is 3.44. The second-order valence-electron chi connectivity index (χ2n) is 5.44. The molecule has 0 spiro atoms. The molecule has 2 heterocycles. The fraction of sp³-hybridized carbons (Fsp3) is 0. The van der Waals surface area contributed by atoms with Gasteiger partial charge in [0.05, 0.1) is 16.6 Å². The monoisotopic (exact) mass is 393 g/mol. The number of nitrogen functional groups attached to an aromatic ring is 1. The first-order valence-corrected chi connectivity index (χ1v) is 8.29. The minimum Gasteiger partial charge on any atom is -0.368 e. The van der Waals surface area contributed by atoms with E-state index in [-0.39, 0.29) is 11.5 Å². The van der Waals surface area contributed by atoms with Crippen molar-refractivity contribution in [2.45, 2.75) is 0 Å². The van der Waals surface area contributed by atoms with Crippen LogP contribution in [-0.4, -0.2) is 19.9 Å². The van der Waals surface area contributed by atoms with Crippen LogP contribution in [0.4, 0.5) is 5.95 Å². The molecular weight excluding hydrogens is 382 g/mol. The lowest BCUT2D eigenvalue weighted by atomic mass is 10.1. The molecule has 3 N–H and O–H groups in total. The molecule has 0 saturated heterocycles. The number of anilines is 1. The van der Waals surface area contributed by atoms with Crippen molar-refractivity contribution < 1.29 is 0 Å². The van der Waals surface area contributed by atoms with E-state index in [0.29, 0.717) is 28.1 Å². The van der Waals surface area contributed by atoms with Gasteiger partial charge in [0.15, 0.2) is 5.82 Å². The van der Waals surface area contributed by atoms with E-state index >= 15 is 0 Å². The first kappa shape index (κ1) is 15.5. The summed E-state index contributed by atoms with van der Waals surface area (Å²) in [6, 6.07) is 16.6. The van der Waals surface area contributed by atoms with Crippen molar-refractivity contribution in [1.82, 2.24) is 19.9 Å². The largest absolute Gasteiger partial charge is 0.368 e. The third-order valence-corrected chi connectivity index (χ3v) is 4.21. The Bertz CT molecular complexity index is 1160. The van der Waals surface area contributed by atoms with Crippen LogP contribution >= 0.6 is 15.9 Å². The number of H-pyrrole nitrogens is 1. The highest BCUT2D eigenvalue weighted by molar-refractivity contribution is 9.10. The number of nitrogens with zero attached hydrogens (tertiary/aromatic N) is 3. The Morgan fingerprint density at radius 3 is 2.56 bits per heavy atom. The van der Waals surface area contributed by atoms with Crippen LogP contribution in [0.3, 0.4) is 0 Å². The number of para-hydroxylation sites is 1. The van der Waals surface area contributed by atoms with Crippen LogP contribution in [0.1, 0.15) is 0 Å². The van der Waals surface area contributed by atoms with Gasteiger partial charge in [0.25, 0.3) is 5.56 Å². The molecule has 0 bridgehead atoms. The molecule has 0 aliphatic rings. The molecule has 2 aromatic carbocycles. The van der Waals surface area contributed by atoms with E-state index < -0.39 is 0 Å². The normalized spacial score (nSPS) is 10.9. The molecule has 6 nitrogen and oxygen atoms in total. The van der Waals surface area contributed by atoms with Crippen molar-refractivity contribution in [3.05, 3.63) is 69.4 Å². The van der Waals surface area contributed by atoms with Crippen LogP contribution in [0.2, 0.25) is 0 Å². The molecule has 25 heavy (non-hydrogen) atoms. The molecule has 0 amide bonds. The van der Waals surface area contributed by atoms with Gasteiger partial charge >= 0.3 is 0 Å². The summed E-state index contributed by atoms with van der Waals surface area (Å²) in [5.41, 5.74) is 8.25. The van der Waals surface area contributed by atoms with E-state index in [1.54, 1.807) is 24.3 Å². The SMILES string of the molecule is Nc1nc(-c2cccc(Br)c2)cc(-c2nc3ccccc3c(=O)[nH]2)n1. The zero-order valence-electron chi connectivity index (χ0n) is 12.9. The summed E-state index contributed by atoms with van der Waals surface area (Å²) in [5.74, 6) is 0.470. The number of hydrogen-bond donors (Lipinski definition) is 2. The van der Waals surface area contributed by atoms with E-state index in [2.05, 4.69) is 35.9 Å². The number of hydrogen-bond acceptors (Lipinski definition) is 5. The van der Waals surface area contributed by atoms with E-state index in [4.69, 9.17) is 5.73 Å². The summed E-state index contributed by atoms with van der Waals surface area (Å²) < 4.78 is 0.931. The number of halogens is 1. The molecule has 0 radical (unpaired) electrons. The molecule has 4 rings (SSSR count). The van der Waals surface area contributed by atoms with Crippen molar-refractivity contribution in [3.63, 3.8) is 0 Å². The molecule has 2 aromatic heterocycles. The molecule has 0 unspecified atom stereocenters. The Morgan fingerprint density at radius 2 is 1.72 bits per heavy atom. The minimum atomic E-state index is -0.221. The van der Waals surface area contributed by atoms with Crippen molar-refractivity contribution in [2.75, 3.05) is 5.73 Å². The van der Waals surface area contributed by atoms with Crippen molar-refractivity contribution >= 4 is 32.8 Å². The van der Waals surface area contributed by atoms with E-state index in [9.17, 15) is 4.79 Å². The third kappa shape index (κ3) is 3.01. The van der Waals surface area contributed by atoms with Crippen LogP contribution < -0.4 is 11.3 Å². The maximum absolute atomic E-state index is 12.3. The van der Waals surface area contributed by atoms with Crippen molar-refractivity contribution in [1.29, 1.82) is 0 Å². The van der Waals surface area contributed by atoms with Gasteiger partial charge < -0.3 is 10.7 Å². The van der Waals surface area contributed by atoms with Gasteiger partial charge in [0.2, 0.25) is 5.95 Å². The maximum atomic E-state index is 12.3. The summed E-state index contributed by atoms with van der Waals surface area (Å²) in [5, 5.41) is 0.528. The van der Waals surface area contributed by atoms with Crippen molar-refractivity contribution in [2.24, 2.45) is 0 Å². The zero-order chi connectivity index (χ0) is 17.4. The number of benzene rings is 2. The van der Waals surface area contributed by atoms with Crippen LogP contribution in [-0.2, 0) is 0 Å². The fourth-order valence-electron chi connectivity index (χ4n) is 2.59. The Kier molecular flexibility index (Phi) is 3.77.